The lowest BCUT2D eigenvalue weighted by atomic mass is 10.1. The molecule has 4 rings (SSSR count). The molecule has 4 nitrogen and oxygen atoms in total. The normalized spacial score (nSPS) is 23.4. The Labute approximate surface area is 169 Å². The molecule has 2 aromatic rings. The van der Waals surface area contributed by atoms with Gasteiger partial charge in [-0.05, 0) is 82.5 Å². The van der Waals surface area contributed by atoms with Gasteiger partial charge >= 0.3 is 0 Å². The van der Waals surface area contributed by atoms with Gasteiger partial charge in [-0.2, -0.15) is 0 Å². The summed E-state index contributed by atoms with van der Waals surface area (Å²) in [6, 6.07) is 12.3. The monoisotopic (exact) mass is 376 g/mol. The Morgan fingerprint density at radius 1 is 1.21 bits per heavy atom. The van der Waals surface area contributed by atoms with Gasteiger partial charge in [0.05, 0.1) is 0 Å². The number of benzene rings is 1. The van der Waals surface area contributed by atoms with E-state index in [1.165, 1.54) is 37.1 Å². The van der Waals surface area contributed by atoms with Gasteiger partial charge in [-0.3, -0.25) is 9.88 Å². The predicted molar refractivity (Wildman–Crippen MR) is 119 cm³/mol. The average Bonchev–Trinajstić information content (AvgIpc) is 3.36. The van der Waals surface area contributed by atoms with Crippen LogP contribution in [-0.2, 0) is 0 Å². The third kappa shape index (κ3) is 3.93. The molecule has 1 aromatic carbocycles. The van der Waals surface area contributed by atoms with Crippen molar-refractivity contribution >= 4 is 17.1 Å². The maximum Gasteiger partial charge on any atom is 0.0430 e. The maximum absolute atomic E-state index is 4.24. The molecule has 1 N–H and O–H groups in total. The Morgan fingerprint density at radius 3 is 2.79 bits per heavy atom. The first-order valence-corrected chi connectivity index (χ1v) is 10.6. The number of hydrogen-bond acceptors (Lipinski definition) is 4. The van der Waals surface area contributed by atoms with Crippen LogP contribution in [0.1, 0.15) is 44.2 Å². The van der Waals surface area contributed by atoms with Crippen molar-refractivity contribution < 1.29 is 0 Å². The average molecular weight is 377 g/mol. The van der Waals surface area contributed by atoms with Crippen LogP contribution in [0.5, 0.6) is 0 Å². The standard InChI is InChI=1S/C24H32N4/c1-4-23(20-8-5-12-25-16-20)26-24-10-9-21(15-18(24)2)27-14-11-22(17-27)28-13-6-7-19(28)3/h4-5,8-10,12,15-16,19,22,26H,6-7,11,13-14,17H2,1-3H3/b23-4-. The number of anilines is 2. The molecule has 2 aliphatic heterocycles. The van der Waals surface area contributed by atoms with E-state index in [1.54, 1.807) is 0 Å². The predicted octanol–water partition coefficient (Wildman–Crippen LogP) is 4.93. The number of pyridine rings is 1. The summed E-state index contributed by atoms with van der Waals surface area (Å²) in [7, 11) is 0. The fourth-order valence-electron chi connectivity index (χ4n) is 4.71. The third-order valence-corrected chi connectivity index (χ3v) is 6.34. The minimum Gasteiger partial charge on any atom is -0.370 e. The van der Waals surface area contributed by atoms with Crippen molar-refractivity contribution in [2.45, 2.75) is 52.1 Å². The fraction of sp³-hybridized carbons (Fsp3) is 0.458. The van der Waals surface area contributed by atoms with E-state index in [4.69, 9.17) is 0 Å². The van der Waals surface area contributed by atoms with Crippen LogP contribution in [0.25, 0.3) is 5.70 Å². The number of rotatable bonds is 5. The number of aromatic nitrogens is 1. The van der Waals surface area contributed by atoms with E-state index < -0.39 is 0 Å². The molecule has 2 unspecified atom stereocenters. The summed E-state index contributed by atoms with van der Waals surface area (Å²) in [4.78, 5) is 9.53. The van der Waals surface area contributed by atoms with Gasteiger partial charge in [-0.25, -0.2) is 0 Å². The third-order valence-electron chi connectivity index (χ3n) is 6.34. The highest BCUT2D eigenvalue weighted by Gasteiger charge is 2.32. The molecular weight excluding hydrogens is 344 g/mol. The molecule has 0 radical (unpaired) electrons. The molecule has 0 aliphatic carbocycles. The van der Waals surface area contributed by atoms with Crippen molar-refractivity contribution in [3.05, 3.63) is 59.9 Å². The largest absolute Gasteiger partial charge is 0.370 e. The molecule has 148 valence electrons. The van der Waals surface area contributed by atoms with E-state index in [9.17, 15) is 0 Å². The fourth-order valence-corrected chi connectivity index (χ4v) is 4.71. The minimum atomic E-state index is 0.718. The minimum absolute atomic E-state index is 0.718. The zero-order valence-electron chi connectivity index (χ0n) is 17.4. The van der Waals surface area contributed by atoms with Crippen LogP contribution in [-0.4, -0.2) is 41.6 Å². The second-order valence-electron chi connectivity index (χ2n) is 8.19. The molecule has 0 amide bonds. The first-order chi connectivity index (χ1) is 13.7. The molecule has 0 saturated carbocycles. The van der Waals surface area contributed by atoms with Gasteiger partial charge < -0.3 is 10.2 Å². The first kappa shape index (κ1) is 19.0. The first-order valence-electron chi connectivity index (χ1n) is 10.6. The summed E-state index contributed by atoms with van der Waals surface area (Å²) >= 11 is 0. The molecule has 2 fully saturated rings. The van der Waals surface area contributed by atoms with Crippen LogP contribution in [0.2, 0.25) is 0 Å². The van der Waals surface area contributed by atoms with Gasteiger partial charge in [0.15, 0.2) is 0 Å². The van der Waals surface area contributed by atoms with Crippen molar-refractivity contribution in [2.75, 3.05) is 29.9 Å². The van der Waals surface area contributed by atoms with E-state index in [2.05, 4.69) is 71.2 Å². The number of likely N-dealkylation sites (tertiary alicyclic amines) is 1. The highest BCUT2D eigenvalue weighted by molar-refractivity contribution is 5.78. The number of allylic oxidation sites excluding steroid dienone is 1. The molecule has 28 heavy (non-hydrogen) atoms. The Bertz CT molecular complexity index is 830. The van der Waals surface area contributed by atoms with E-state index in [1.807, 2.05) is 18.5 Å². The molecule has 4 heteroatoms. The topological polar surface area (TPSA) is 31.4 Å². The van der Waals surface area contributed by atoms with Crippen LogP contribution in [0.3, 0.4) is 0 Å². The van der Waals surface area contributed by atoms with E-state index in [-0.39, 0.29) is 0 Å². The lowest BCUT2D eigenvalue weighted by molar-refractivity contribution is 0.204. The number of aryl methyl sites for hydroxylation is 1. The summed E-state index contributed by atoms with van der Waals surface area (Å²) in [5.41, 5.74) is 5.98. The number of hydrogen-bond donors (Lipinski definition) is 1. The van der Waals surface area contributed by atoms with Gasteiger partial charge in [0.25, 0.3) is 0 Å². The van der Waals surface area contributed by atoms with Crippen LogP contribution in [0.15, 0.2) is 48.8 Å². The summed E-state index contributed by atoms with van der Waals surface area (Å²) in [6.07, 6.45) is 9.82. The molecule has 3 heterocycles. The quantitative estimate of drug-likeness (QED) is 0.802. The SMILES string of the molecule is C/C=C(\Nc1ccc(N2CCC(N3CCCC3C)C2)cc1C)c1cccnc1. The molecule has 1 aromatic heterocycles. The molecular formula is C24H32N4. The van der Waals surface area contributed by atoms with Crippen LogP contribution in [0.4, 0.5) is 11.4 Å². The smallest absolute Gasteiger partial charge is 0.0430 e. The van der Waals surface area contributed by atoms with Crippen LogP contribution in [0, 0.1) is 6.92 Å². The highest BCUT2D eigenvalue weighted by Crippen LogP contribution is 2.31. The van der Waals surface area contributed by atoms with Gasteiger partial charge in [-0.1, -0.05) is 6.08 Å². The van der Waals surface area contributed by atoms with Crippen molar-refractivity contribution in [3.63, 3.8) is 0 Å². The second-order valence-corrected chi connectivity index (χ2v) is 8.19. The Hall–Kier alpha value is -2.33. The summed E-state index contributed by atoms with van der Waals surface area (Å²) < 4.78 is 0. The Kier molecular flexibility index (Phi) is 5.67. The maximum atomic E-state index is 4.24. The van der Waals surface area contributed by atoms with E-state index in [0.29, 0.717) is 0 Å². The van der Waals surface area contributed by atoms with Gasteiger partial charge in [0.1, 0.15) is 0 Å². The zero-order valence-corrected chi connectivity index (χ0v) is 17.4. The summed E-state index contributed by atoms with van der Waals surface area (Å²) in [6.45, 7) is 10.2. The number of nitrogens with one attached hydrogen (secondary N) is 1. The van der Waals surface area contributed by atoms with Crippen LogP contribution < -0.4 is 10.2 Å². The Balaban J connectivity index is 1.45. The van der Waals surface area contributed by atoms with Gasteiger partial charge in [0, 0.05) is 60.2 Å². The van der Waals surface area contributed by atoms with Crippen LogP contribution >= 0.6 is 0 Å². The molecule has 2 aliphatic rings. The van der Waals surface area contributed by atoms with Crippen molar-refractivity contribution in [1.29, 1.82) is 0 Å². The molecule has 0 spiro atoms. The van der Waals surface area contributed by atoms with E-state index in [0.717, 1.165) is 42.1 Å². The molecule has 0 bridgehead atoms. The second kappa shape index (κ2) is 8.36. The van der Waals surface area contributed by atoms with Gasteiger partial charge in [0.2, 0.25) is 0 Å². The summed E-state index contributed by atoms with van der Waals surface area (Å²) in [5.74, 6) is 0. The number of nitrogens with zero attached hydrogens (tertiary/aromatic N) is 3. The molecule has 2 atom stereocenters. The van der Waals surface area contributed by atoms with Crippen molar-refractivity contribution in [3.8, 4) is 0 Å². The Morgan fingerprint density at radius 2 is 2.11 bits per heavy atom. The summed E-state index contributed by atoms with van der Waals surface area (Å²) in [5, 5.41) is 3.58. The zero-order chi connectivity index (χ0) is 19.5. The van der Waals surface area contributed by atoms with E-state index >= 15 is 0 Å². The lowest BCUT2D eigenvalue weighted by Crippen LogP contribution is -2.39. The van der Waals surface area contributed by atoms with Gasteiger partial charge in [-0.15, -0.1) is 0 Å². The molecule has 2 saturated heterocycles. The van der Waals surface area contributed by atoms with Crippen molar-refractivity contribution in [2.24, 2.45) is 0 Å². The lowest BCUT2D eigenvalue weighted by Gasteiger charge is -2.28. The highest BCUT2D eigenvalue weighted by atomic mass is 15.3. The van der Waals surface area contributed by atoms with Crippen molar-refractivity contribution in [1.82, 2.24) is 9.88 Å².